The van der Waals surface area contributed by atoms with Gasteiger partial charge in [0.2, 0.25) is 0 Å². The third-order valence-corrected chi connectivity index (χ3v) is 5.15. The molecule has 1 aliphatic carbocycles. The lowest BCUT2D eigenvalue weighted by atomic mass is 9.98. The molecule has 0 unspecified atom stereocenters. The summed E-state index contributed by atoms with van der Waals surface area (Å²) in [5.41, 5.74) is 6.38. The third kappa shape index (κ3) is 6.55. The molecule has 0 heterocycles. The maximum atomic E-state index is 12.5. The van der Waals surface area contributed by atoms with Crippen LogP contribution in [-0.2, 0) is 23.8 Å². The molecule has 1 aliphatic rings. The van der Waals surface area contributed by atoms with Crippen molar-refractivity contribution in [3.8, 4) is 11.1 Å². The van der Waals surface area contributed by atoms with Gasteiger partial charge in [-0.25, -0.2) is 9.80 Å². The standard InChI is InChI=1S/C25H30N2O6/c1-25(2,3)33-22(28)13-14-27(15-23(29)31-4)26-24(30)32-16-21-19-11-7-5-9-17(19)18-10-6-8-12-20(18)21/h5-12,21H,13-16H2,1-4H3,(H,26,30). The topological polar surface area (TPSA) is 94.2 Å². The summed E-state index contributed by atoms with van der Waals surface area (Å²) >= 11 is 0. The van der Waals surface area contributed by atoms with E-state index in [9.17, 15) is 14.4 Å². The number of nitrogens with one attached hydrogen (secondary N) is 1. The fourth-order valence-electron chi connectivity index (χ4n) is 3.77. The van der Waals surface area contributed by atoms with Crippen molar-refractivity contribution in [3.63, 3.8) is 0 Å². The third-order valence-electron chi connectivity index (χ3n) is 5.15. The Balaban J connectivity index is 1.61. The number of carbonyl (C=O) groups is 3. The van der Waals surface area contributed by atoms with Crippen molar-refractivity contribution in [1.82, 2.24) is 10.4 Å². The van der Waals surface area contributed by atoms with Gasteiger partial charge in [-0.15, -0.1) is 0 Å². The number of nitrogens with zero attached hydrogens (tertiary/aromatic N) is 1. The van der Waals surface area contributed by atoms with E-state index < -0.39 is 23.6 Å². The summed E-state index contributed by atoms with van der Waals surface area (Å²) in [6, 6.07) is 16.1. The van der Waals surface area contributed by atoms with Gasteiger partial charge in [-0.05, 0) is 43.0 Å². The van der Waals surface area contributed by atoms with Gasteiger partial charge in [-0.2, -0.15) is 0 Å². The smallest absolute Gasteiger partial charge is 0.421 e. The minimum atomic E-state index is -0.718. The number of esters is 2. The molecule has 0 saturated heterocycles. The van der Waals surface area contributed by atoms with E-state index in [-0.39, 0.29) is 32.0 Å². The van der Waals surface area contributed by atoms with E-state index in [1.807, 2.05) is 36.4 Å². The Morgan fingerprint density at radius 2 is 1.52 bits per heavy atom. The predicted octanol–water partition coefficient (Wildman–Crippen LogP) is 3.65. The van der Waals surface area contributed by atoms with Crippen LogP contribution in [0.15, 0.2) is 48.5 Å². The van der Waals surface area contributed by atoms with Crippen LogP contribution in [0.3, 0.4) is 0 Å². The van der Waals surface area contributed by atoms with Gasteiger partial charge in [-0.3, -0.25) is 15.0 Å². The van der Waals surface area contributed by atoms with Crippen LogP contribution in [0.1, 0.15) is 44.2 Å². The van der Waals surface area contributed by atoms with Gasteiger partial charge in [0.15, 0.2) is 0 Å². The molecule has 0 spiro atoms. The number of hydrogen-bond donors (Lipinski definition) is 1. The molecule has 1 N–H and O–H groups in total. The number of amides is 1. The Bertz CT molecular complexity index is 968. The van der Waals surface area contributed by atoms with E-state index >= 15 is 0 Å². The first kappa shape index (κ1) is 24.3. The first-order valence-corrected chi connectivity index (χ1v) is 10.8. The van der Waals surface area contributed by atoms with Crippen LogP contribution in [0.2, 0.25) is 0 Å². The molecule has 0 bridgehead atoms. The molecule has 3 rings (SSSR count). The lowest BCUT2D eigenvalue weighted by Gasteiger charge is -2.24. The number of methoxy groups -OCH3 is 1. The van der Waals surface area contributed by atoms with Gasteiger partial charge in [-0.1, -0.05) is 48.5 Å². The number of fused-ring (bicyclic) bond motifs is 3. The molecule has 8 heteroatoms. The molecule has 0 fully saturated rings. The molecule has 1 amide bonds. The van der Waals surface area contributed by atoms with E-state index in [1.165, 1.54) is 12.1 Å². The van der Waals surface area contributed by atoms with E-state index in [2.05, 4.69) is 22.3 Å². The van der Waals surface area contributed by atoms with Gasteiger partial charge in [0, 0.05) is 12.5 Å². The highest BCUT2D eigenvalue weighted by Crippen LogP contribution is 2.44. The first-order chi connectivity index (χ1) is 15.7. The SMILES string of the molecule is COC(=O)CN(CCC(=O)OC(C)(C)C)NC(=O)OCC1c2ccccc2-c2ccccc21. The average Bonchev–Trinajstić information content (AvgIpc) is 3.08. The van der Waals surface area contributed by atoms with Crippen molar-refractivity contribution < 1.29 is 28.6 Å². The largest absolute Gasteiger partial charge is 0.468 e. The second-order valence-electron chi connectivity index (χ2n) is 8.77. The minimum Gasteiger partial charge on any atom is -0.468 e. The zero-order valence-corrected chi connectivity index (χ0v) is 19.4. The summed E-state index contributed by atoms with van der Waals surface area (Å²) in [5, 5.41) is 1.29. The lowest BCUT2D eigenvalue weighted by molar-refractivity contribution is -0.156. The molecular weight excluding hydrogens is 424 g/mol. The van der Waals surface area contributed by atoms with Crippen molar-refractivity contribution in [2.75, 3.05) is 26.8 Å². The maximum absolute atomic E-state index is 12.5. The fourth-order valence-corrected chi connectivity index (χ4v) is 3.77. The Morgan fingerprint density at radius 1 is 0.939 bits per heavy atom. The normalized spacial score (nSPS) is 12.6. The Morgan fingerprint density at radius 3 is 2.06 bits per heavy atom. The van der Waals surface area contributed by atoms with Crippen molar-refractivity contribution >= 4 is 18.0 Å². The number of hydrazine groups is 1. The summed E-state index contributed by atoms with van der Waals surface area (Å²) in [6.45, 7) is 5.28. The zero-order valence-electron chi connectivity index (χ0n) is 19.4. The second-order valence-corrected chi connectivity index (χ2v) is 8.77. The molecular formula is C25H30N2O6. The Labute approximate surface area is 193 Å². The molecule has 33 heavy (non-hydrogen) atoms. The van der Waals surface area contributed by atoms with E-state index in [0.717, 1.165) is 22.3 Å². The summed E-state index contributed by atoms with van der Waals surface area (Å²) < 4.78 is 15.5. The van der Waals surface area contributed by atoms with Crippen LogP contribution in [0.4, 0.5) is 4.79 Å². The summed E-state index contributed by atoms with van der Waals surface area (Å²) in [6.07, 6.45) is -0.734. The van der Waals surface area contributed by atoms with Gasteiger partial charge < -0.3 is 14.2 Å². The molecule has 0 atom stereocenters. The van der Waals surface area contributed by atoms with Crippen LogP contribution in [-0.4, -0.2) is 55.4 Å². The van der Waals surface area contributed by atoms with E-state index in [1.54, 1.807) is 20.8 Å². The molecule has 2 aromatic carbocycles. The molecule has 0 radical (unpaired) electrons. The molecule has 2 aromatic rings. The number of benzene rings is 2. The number of hydrogen-bond acceptors (Lipinski definition) is 7. The van der Waals surface area contributed by atoms with Crippen LogP contribution < -0.4 is 5.43 Å². The molecule has 0 aromatic heterocycles. The van der Waals surface area contributed by atoms with Gasteiger partial charge in [0.1, 0.15) is 18.8 Å². The minimum absolute atomic E-state index is 0.0160. The Kier molecular flexibility index (Phi) is 7.71. The zero-order chi connectivity index (χ0) is 24.0. The van der Waals surface area contributed by atoms with Crippen molar-refractivity contribution in [2.24, 2.45) is 0 Å². The highest BCUT2D eigenvalue weighted by molar-refractivity contribution is 5.79. The predicted molar refractivity (Wildman–Crippen MR) is 122 cm³/mol. The summed E-state index contributed by atoms with van der Waals surface area (Å²) in [4.78, 5) is 36.3. The van der Waals surface area contributed by atoms with E-state index in [0.29, 0.717) is 0 Å². The van der Waals surface area contributed by atoms with Crippen LogP contribution in [0, 0.1) is 0 Å². The molecule has 176 valence electrons. The van der Waals surface area contributed by atoms with Gasteiger partial charge in [0.05, 0.1) is 13.5 Å². The fraction of sp³-hybridized carbons (Fsp3) is 0.400. The lowest BCUT2D eigenvalue weighted by Crippen LogP contribution is -2.47. The van der Waals surface area contributed by atoms with Crippen molar-refractivity contribution in [3.05, 3.63) is 59.7 Å². The summed E-state index contributed by atoms with van der Waals surface area (Å²) in [7, 11) is 1.25. The van der Waals surface area contributed by atoms with Gasteiger partial charge in [0.25, 0.3) is 0 Å². The quantitative estimate of drug-likeness (QED) is 0.370. The van der Waals surface area contributed by atoms with Crippen molar-refractivity contribution in [2.45, 2.75) is 38.7 Å². The van der Waals surface area contributed by atoms with E-state index in [4.69, 9.17) is 9.47 Å². The molecule has 0 aliphatic heterocycles. The molecule has 0 saturated carbocycles. The number of carbonyl (C=O) groups excluding carboxylic acids is 3. The highest BCUT2D eigenvalue weighted by atomic mass is 16.6. The Hall–Kier alpha value is -3.39. The number of rotatable bonds is 8. The second kappa shape index (κ2) is 10.5. The maximum Gasteiger partial charge on any atom is 0.421 e. The average molecular weight is 455 g/mol. The van der Waals surface area contributed by atoms with Crippen LogP contribution in [0.5, 0.6) is 0 Å². The highest BCUT2D eigenvalue weighted by Gasteiger charge is 2.29. The monoisotopic (exact) mass is 454 g/mol. The molecule has 8 nitrogen and oxygen atoms in total. The number of ether oxygens (including phenoxy) is 3. The van der Waals surface area contributed by atoms with Crippen LogP contribution in [0.25, 0.3) is 11.1 Å². The van der Waals surface area contributed by atoms with Crippen LogP contribution >= 0.6 is 0 Å². The first-order valence-electron chi connectivity index (χ1n) is 10.8. The summed E-state index contributed by atoms with van der Waals surface area (Å²) in [5.74, 6) is -1.08. The van der Waals surface area contributed by atoms with Crippen molar-refractivity contribution in [1.29, 1.82) is 0 Å². The van der Waals surface area contributed by atoms with Gasteiger partial charge >= 0.3 is 18.0 Å².